The van der Waals surface area contributed by atoms with Crippen molar-refractivity contribution in [1.82, 2.24) is 10.2 Å². The Bertz CT molecular complexity index is 612. The Balaban J connectivity index is 2.50. The Morgan fingerprint density at radius 3 is 2.41 bits per heavy atom. The number of nitrogens with one attached hydrogen (secondary N) is 1. The first-order chi connectivity index (χ1) is 8.02. The summed E-state index contributed by atoms with van der Waals surface area (Å²) >= 11 is 0. The molecule has 0 radical (unpaired) electrons. The number of sulfone groups is 1. The highest BCUT2D eigenvalue weighted by Gasteiger charge is 2.16. The normalized spacial score (nSPS) is 11.6. The standard InChI is InChI=1S/C12H14N2O2S/c1-3-9-4-6-10(7-5-9)11-8-13-14-12(11)17(2,15)16/h4-8H,3H2,1-2H3,(H,13,14). The molecule has 0 amide bonds. The van der Waals surface area contributed by atoms with Crippen LogP contribution in [0.3, 0.4) is 0 Å². The maximum atomic E-state index is 11.5. The second-order valence-electron chi connectivity index (χ2n) is 3.94. The number of rotatable bonds is 3. The van der Waals surface area contributed by atoms with Gasteiger partial charge in [0.2, 0.25) is 0 Å². The lowest BCUT2D eigenvalue weighted by molar-refractivity contribution is 0.598. The van der Waals surface area contributed by atoms with E-state index in [9.17, 15) is 8.42 Å². The van der Waals surface area contributed by atoms with E-state index in [0.717, 1.165) is 12.0 Å². The first-order valence-corrected chi connectivity index (χ1v) is 7.24. The monoisotopic (exact) mass is 250 g/mol. The van der Waals surface area contributed by atoms with Gasteiger partial charge in [-0.2, -0.15) is 5.10 Å². The van der Waals surface area contributed by atoms with Gasteiger partial charge in [-0.05, 0) is 17.5 Å². The molecule has 0 saturated carbocycles. The third-order valence-electron chi connectivity index (χ3n) is 2.65. The lowest BCUT2D eigenvalue weighted by Gasteiger charge is -2.02. The quantitative estimate of drug-likeness (QED) is 0.906. The number of benzene rings is 1. The first kappa shape index (κ1) is 11.9. The highest BCUT2D eigenvalue weighted by Crippen LogP contribution is 2.25. The third kappa shape index (κ3) is 2.39. The number of aryl methyl sites for hydroxylation is 1. The molecule has 0 aliphatic carbocycles. The summed E-state index contributed by atoms with van der Waals surface area (Å²) in [5.74, 6) is 0. The van der Waals surface area contributed by atoms with Gasteiger partial charge >= 0.3 is 0 Å². The van der Waals surface area contributed by atoms with Crippen molar-refractivity contribution in [2.24, 2.45) is 0 Å². The second-order valence-corrected chi connectivity index (χ2v) is 5.89. The predicted molar refractivity (Wildman–Crippen MR) is 66.5 cm³/mol. The summed E-state index contributed by atoms with van der Waals surface area (Å²) < 4.78 is 23.1. The van der Waals surface area contributed by atoms with Crippen LogP contribution in [0.5, 0.6) is 0 Å². The zero-order valence-corrected chi connectivity index (χ0v) is 10.6. The van der Waals surface area contributed by atoms with Crippen molar-refractivity contribution in [2.45, 2.75) is 18.4 Å². The molecule has 0 bridgehead atoms. The van der Waals surface area contributed by atoms with E-state index in [4.69, 9.17) is 0 Å². The van der Waals surface area contributed by atoms with E-state index in [2.05, 4.69) is 17.1 Å². The molecule has 2 rings (SSSR count). The van der Waals surface area contributed by atoms with Crippen LogP contribution < -0.4 is 0 Å². The molecule has 0 spiro atoms. The van der Waals surface area contributed by atoms with E-state index in [0.29, 0.717) is 5.56 Å². The zero-order chi connectivity index (χ0) is 12.5. The number of aromatic amines is 1. The van der Waals surface area contributed by atoms with Gasteiger partial charge in [-0.15, -0.1) is 0 Å². The Morgan fingerprint density at radius 1 is 1.24 bits per heavy atom. The summed E-state index contributed by atoms with van der Waals surface area (Å²) in [7, 11) is -3.27. The van der Waals surface area contributed by atoms with Gasteiger partial charge in [-0.25, -0.2) is 8.42 Å². The van der Waals surface area contributed by atoms with Gasteiger partial charge in [-0.1, -0.05) is 31.2 Å². The predicted octanol–water partition coefficient (Wildman–Crippen LogP) is 2.04. The first-order valence-electron chi connectivity index (χ1n) is 5.35. The van der Waals surface area contributed by atoms with Crippen molar-refractivity contribution < 1.29 is 8.42 Å². The molecule has 5 heteroatoms. The molecule has 1 heterocycles. The molecule has 1 N–H and O–H groups in total. The molecule has 1 aromatic heterocycles. The van der Waals surface area contributed by atoms with E-state index in [1.165, 1.54) is 18.0 Å². The lowest BCUT2D eigenvalue weighted by Crippen LogP contribution is -1.99. The van der Waals surface area contributed by atoms with Gasteiger partial charge in [0, 0.05) is 11.8 Å². The lowest BCUT2D eigenvalue weighted by atomic mass is 10.1. The molecule has 0 aliphatic heterocycles. The fraction of sp³-hybridized carbons (Fsp3) is 0.250. The van der Waals surface area contributed by atoms with E-state index in [1.54, 1.807) is 0 Å². The topological polar surface area (TPSA) is 62.8 Å². The van der Waals surface area contributed by atoms with E-state index in [-0.39, 0.29) is 5.03 Å². The van der Waals surface area contributed by atoms with Crippen molar-refractivity contribution in [1.29, 1.82) is 0 Å². The van der Waals surface area contributed by atoms with Crippen molar-refractivity contribution >= 4 is 9.84 Å². The molecule has 90 valence electrons. The van der Waals surface area contributed by atoms with Crippen LogP contribution in [0.1, 0.15) is 12.5 Å². The van der Waals surface area contributed by atoms with Crippen LogP contribution in [0.15, 0.2) is 35.5 Å². The van der Waals surface area contributed by atoms with Gasteiger partial charge in [0.15, 0.2) is 14.9 Å². The molecule has 0 fully saturated rings. The molecule has 0 saturated heterocycles. The number of hydrogen-bond acceptors (Lipinski definition) is 3. The van der Waals surface area contributed by atoms with Gasteiger partial charge < -0.3 is 0 Å². The highest BCUT2D eigenvalue weighted by atomic mass is 32.2. The highest BCUT2D eigenvalue weighted by molar-refractivity contribution is 7.90. The van der Waals surface area contributed by atoms with Gasteiger partial charge in [-0.3, -0.25) is 5.10 Å². The molecule has 4 nitrogen and oxygen atoms in total. The minimum atomic E-state index is -3.27. The van der Waals surface area contributed by atoms with Crippen LogP contribution in [0, 0.1) is 0 Å². The van der Waals surface area contributed by atoms with E-state index in [1.807, 2.05) is 24.3 Å². The second kappa shape index (κ2) is 4.33. The summed E-state index contributed by atoms with van der Waals surface area (Å²) in [6, 6.07) is 7.82. The van der Waals surface area contributed by atoms with Gasteiger partial charge in [0.1, 0.15) is 0 Å². The molecular weight excluding hydrogens is 236 g/mol. The van der Waals surface area contributed by atoms with Gasteiger partial charge in [0.05, 0.1) is 6.20 Å². The third-order valence-corrected chi connectivity index (χ3v) is 3.70. The average molecular weight is 250 g/mol. The molecule has 1 aromatic carbocycles. The largest absolute Gasteiger partial charge is 0.267 e. The fourth-order valence-corrected chi connectivity index (χ4v) is 2.47. The zero-order valence-electron chi connectivity index (χ0n) is 9.77. The van der Waals surface area contributed by atoms with E-state index >= 15 is 0 Å². The molecule has 2 aromatic rings. The van der Waals surface area contributed by atoms with E-state index < -0.39 is 9.84 Å². The van der Waals surface area contributed by atoms with Crippen LogP contribution in [0.2, 0.25) is 0 Å². The smallest absolute Gasteiger partial charge is 0.192 e. The molecule has 0 aliphatic rings. The van der Waals surface area contributed by atoms with Crippen LogP contribution >= 0.6 is 0 Å². The Morgan fingerprint density at radius 2 is 1.88 bits per heavy atom. The maximum Gasteiger partial charge on any atom is 0.192 e. The molecule has 0 unspecified atom stereocenters. The Hall–Kier alpha value is -1.62. The van der Waals surface area contributed by atoms with Crippen LogP contribution in [0.4, 0.5) is 0 Å². The average Bonchev–Trinajstić information content (AvgIpc) is 2.78. The van der Waals surface area contributed by atoms with Crippen molar-refractivity contribution in [2.75, 3.05) is 6.26 Å². The summed E-state index contributed by atoms with van der Waals surface area (Å²) in [5, 5.41) is 6.51. The Kier molecular flexibility index (Phi) is 3.02. The van der Waals surface area contributed by atoms with Crippen molar-refractivity contribution in [3.63, 3.8) is 0 Å². The summed E-state index contributed by atoms with van der Waals surface area (Å²) in [5.41, 5.74) is 2.70. The molecule has 0 atom stereocenters. The Labute approximate surface area is 101 Å². The fourth-order valence-electron chi connectivity index (χ4n) is 1.68. The summed E-state index contributed by atoms with van der Waals surface area (Å²) in [6.07, 6.45) is 3.67. The number of nitrogens with zero attached hydrogens (tertiary/aromatic N) is 1. The van der Waals surface area contributed by atoms with Gasteiger partial charge in [0.25, 0.3) is 0 Å². The van der Waals surface area contributed by atoms with Crippen LogP contribution in [0.25, 0.3) is 11.1 Å². The number of aromatic nitrogens is 2. The summed E-state index contributed by atoms with van der Waals surface area (Å²) in [6.45, 7) is 2.08. The molecule has 17 heavy (non-hydrogen) atoms. The van der Waals surface area contributed by atoms with Crippen molar-refractivity contribution in [3.8, 4) is 11.1 Å². The van der Waals surface area contributed by atoms with Crippen molar-refractivity contribution in [3.05, 3.63) is 36.0 Å². The van der Waals surface area contributed by atoms with Crippen LogP contribution in [-0.2, 0) is 16.3 Å². The maximum absolute atomic E-state index is 11.5. The number of H-pyrrole nitrogens is 1. The number of hydrogen-bond donors (Lipinski definition) is 1. The van der Waals surface area contributed by atoms with Crippen LogP contribution in [-0.4, -0.2) is 24.9 Å². The minimum Gasteiger partial charge on any atom is -0.267 e. The molecular formula is C12H14N2O2S. The summed E-state index contributed by atoms with van der Waals surface area (Å²) in [4.78, 5) is 0. The minimum absolute atomic E-state index is 0.168. The SMILES string of the molecule is CCc1ccc(-c2cn[nH]c2S(C)(=O)=O)cc1.